The van der Waals surface area contributed by atoms with Gasteiger partial charge >= 0.3 is 0 Å². The zero-order chi connectivity index (χ0) is 13.2. The maximum atomic E-state index is 12.4. The Balaban J connectivity index is 1.86. The van der Waals surface area contributed by atoms with Crippen molar-refractivity contribution in [2.75, 3.05) is 32.8 Å². The van der Waals surface area contributed by atoms with E-state index in [-0.39, 0.29) is 5.91 Å². The molecule has 104 valence electrons. The molecule has 0 atom stereocenters. The Bertz CT molecular complexity index is 482. The summed E-state index contributed by atoms with van der Waals surface area (Å²) in [5, 5.41) is 8.18. The average Bonchev–Trinajstić information content (AvgIpc) is 2.64. The molecule has 2 aliphatic rings. The first-order valence-electron chi connectivity index (χ1n) is 6.60. The van der Waals surface area contributed by atoms with Gasteiger partial charge in [0.15, 0.2) is 5.69 Å². The van der Waals surface area contributed by atoms with Crippen LogP contribution in [0.3, 0.4) is 0 Å². The lowest BCUT2D eigenvalue weighted by molar-refractivity contribution is 0.0298. The molecule has 1 amide bonds. The van der Waals surface area contributed by atoms with Crippen LogP contribution < -0.4 is 5.32 Å². The molecule has 0 radical (unpaired) electrons. The summed E-state index contributed by atoms with van der Waals surface area (Å²) in [6.45, 7) is 4.80. The van der Waals surface area contributed by atoms with E-state index in [1.54, 1.807) is 4.90 Å². The third-order valence-corrected chi connectivity index (χ3v) is 3.91. The van der Waals surface area contributed by atoms with Gasteiger partial charge in [0.2, 0.25) is 0 Å². The molecule has 1 aromatic heterocycles. The fraction of sp³-hybridized carbons (Fsp3) is 0.667. The molecular weight excluding hydrogens is 268 g/mol. The molecule has 1 fully saturated rings. The van der Waals surface area contributed by atoms with E-state index in [1.165, 1.54) is 0 Å². The van der Waals surface area contributed by atoms with Crippen molar-refractivity contribution >= 4 is 17.5 Å². The molecule has 3 rings (SSSR count). The second-order valence-corrected chi connectivity index (χ2v) is 5.15. The Morgan fingerprint density at radius 3 is 2.89 bits per heavy atom. The summed E-state index contributed by atoms with van der Waals surface area (Å²) in [7, 11) is 0. The second kappa shape index (κ2) is 5.48. The minimum Gasteiger partial charge on any atom is -0.378 e. The van der Waals surface area contributed by atoms with Gasteiger partial charge in [-0.25, -0.2) is 0 Å². The van der Waals surface area contributed by atoms with Gasteiger partial charge < -0.3 is 15.0 Å². The van der Waals surface area contributed by atoms with E-state index < -0.39 is 0 Å². The van der Waals surface area contributed by atoms with Crippen LogP contribution in [0, 0.1) is 0 Å². The molecule has 0 unspecified atom stereocenters. The van der Waals surface area contributed by atoms with Crippen LogP contribution in [0.25, 0.3) is 0 Å². The zero-order valence-corrected chi connectivity index (χ0v) is 11.4. The number of hydrogen-bond donors (Lipinski definition) is 1. The normalized spacial score (nSPS) is 19.9. The minimum atomic E-state index is -0.0890. The monoisotopic (exact) mass is 284 g/mol. The summed E-state index contributed by atoms with van der Waals surface area (Å²) in [4.78, 5) is 14.2. The molecular formula is C12H17ClN4O2. The predicted molar refractivity (Wildman–Crippen MR) is 70.3 cm³/mol. The lowest BCUT2D eigenvalue weighted by atomic mass is 10.3. The van der Waals surface area contributed by atoms with Gasteiger partial charge in [-0.2, -0.15) is 5.10 Å². The summed E-state index contributed by atoms with van der Waals surface area (Å²) < 4.78 is 7.11. The van der Waals surface area contributed by atoms with Crippen LogP contribution in [0.4, 0.5) is 0 Å². The van der Waals surface area contributed by atoms with Crippen LogP contribution in [-0.4, -0.2) is 53.4 Å². The van der Waals surface area contributed by atoms with E-state index in [0.717, 1.165) is 25.2 Å². The van der Waals surface area contributed by atoms with Crippen LogP contribution in [0.1, 0.15) is 22.6 Å². The van der Waals surface area contributed by atoms with Crippen LogP contribution >= 0.6 is 11.6 Å². The number of hydrogen-bond acceptors (Lipinski definition) is 4. The van der Waals surface area contributed by atoms with Gasteiger partial charge in [0, 0.05) is 26.2 Å². The lowest BCUT2D eigenvalue weighted by Gasteiger charge is -2.26. The van der Waals surface area contributed by atoms with E-state index in [9.17, 15) is 4.79 Å². The van der Waals surface area contributed by atoms with Gasteiger partial charge in [-0.05, 0) is 13.0 Å². The van der Waals surface area contributed by atoms with Crippen molar-refractivity contribution in [1.82, 2.24) is 20.0 Å². The first-order valence-corrected chi connectivity index (χ1v) is 6.98. The summed E-state index contributed by atoms with van der Waals surface area (Å²) in [5.74, 6) is -0.0890. The Hall–Kier alpha value is -1.11. The van der Waals surface area contributed by atoms with Gasteiger partial charge in [0.1, 0.15) is 0 Å². The molecule has 2 aliphatic heterocycles. The maximum absolute atomic E-state index is 12.4. The first-order chi connectivity index (χ1) is 9.27. The van der Waals surface area contributed by atoms with Crippen molar-refractivity contribution < 1.29 is 9.53 Å². The number of nitrogens with zero attached hydrogens (tertiary/aromatic N) is 3. The summed E-state index contributed by atoms with van der Waals surface area (Å²) in [6, 6.07) is 0. The highest BCUT2D eigenvalue weighted by Crippen LogP contribution is 2.24. The SMILES string of the molecule is O=C(c1nn2c(c1Cl)CNCCC2)N1CCOCC1. The molecule has 6 nitrogen and oxygen atoms in total. The lowest BCUT2D eigenvalue weighted by Crippen LogP contribution is -2.41. The molecule has 19 heavy (non-hydrogen) atoms. The van der Waals surface area contributed by atoms with Crippen molar-refractivity contribution in [1.29, 1.82) is 0 Å². The fourth-order valence-electron chi connectivity index (χ4n) is 2.44. The van der Waals surface area contributed by atoms with Gasteiger partial charge in [-0.15, -0.1) is 0 Å². The fourth-order valence-corrected chi connectivity index (χ4v) is 2.73. The number of rotatable bonds is 1. The van der Waals surface area contributed by atoms with Gasteiger partial charge in [-0.3, -0.25) is 9.48 Å². The number of halogens is 1. The van der Waals surface area contributed by atoms with Crippen molar-refractivity contribution in [3.8, 4) is 0 Å². The Kier molecular flexibility index (Phi) is 3.72. The Morgan fingerprint density at radius 2 is 2.11 bits per heavy atom. The molecule has 0 bridgehead atoms. The standard InChI is InChI=1S/C12H17ClN4O2/c13-10-9-8-14-2-1-3-17(9)15-11(10)12(18)16-4-6-19-7-5-16/h14H,1-8H2. The van der Waals surface area contributed by atoms with Crippen molar-refractivity contribution in [3.05, 3.63) is 16.4 Å². The van der Waals surface area contributed by atoms with Crippen LogP contribution in [-0.2, 0) is 17.8 Å². The van der Waals surface area contributed by atoms with E-state index in [1.807, 2.05) is 4.68 Å². The third-order valence-electron chi connectivity index (χ3n) is 3.51. The topological polar surface area (TPSA) is 59.4 Å². The summed E-state index contributed by atoms with van der Waals surface area (Å²) >= 11 is 6.33. The predicted octanol–water partition coefficient (Wildman–Crippen LogP) is 0.502. The Morgan fingerprint density at radius 1 is 1.32 bits per heavy atom. The van der Waals surface area contributed by atoms with Crippen LogP contribution in [0.5, 0.6) is 0 Å². The highest BCUT2D eigenvalue weighted by Gasteiger charge is 2.27. The number of aromatic nitrogens is 2. The number of fused-ring (bicyclic) bond motifs is 1. The van der Waals surface area contributed by atoms with Gasteiger partial charge in [0.25, 0.3) is 5.91 Å². The number of carbonyl (C=O) groups excluding carboxylic acids is 1. The zero-order valence-electron chi connectivity index (χ0n) is 10.7. The molecule has 0 saturated carbocycles. The molecule has 1 aromatic rings. The van der Waals surface area contributed by atoms with Crippen molar-refractivity contribution in [2.45, 2.75) is 19.5 Å². The van der Waals surface area contributed by atoms with E-state index >= 15 is 0 Å². The molecule has 1 saturated heterocycles. The molecule has 0 spiro atoms. The number of ether oxygens (including phenoxy) is 1. The van der Waals surface area contributed by atoms with Crippen molar-refractivity contribution in [3.63, 3.8) is 0 Å². The second-order valence-electron chi connectivity index (χ2n) is 4.77. The largest absolute Gasteiger partial charge is 0.378 e. The number of morpholine rings is 1. The van der Waals surface area contributed by atoms with Crippen molar-refractivity contribution in [2.24, 2.45) is 0 Å². The van der Waals surface area contributed by atoms with Crippen LogP contribution in [0.15, 0.2) is 0 Å². The number of nitrogens with one attached hydrogen (secondary N) is 1. The summed E-state index contributed by atoms with van der Waals surface area (Å²) in [6.07, 6.45) is 0.996. The molecule has 3 heterocycles. The minimum absolute atomic E-state index is 0.0890. The molecule has 7 heteroatoms. The molecule has 0 aliphatic carbocycles. The molecule has 1 N–H and O–H groups in total. The third kappa shape index (κ3) is 2.48. The number of carbonyl (C=O) groups is 1. The highest BCUT2D eigenvalue weighted by molar-refractivity contribution is 6.34. The van der Waals surface area contributed by atoms with E-state index in [2.05, 4.69) is 10.4 Å². The van der Waals surface area contributed by atoms with Gasteiger partial charge in [0.05, 0.1) is 23.9 Å². The van der Waals surface area contributed by atoms with Crippen LogP contribution in [0.2, 0.25) is 5.02 Å². The smallest absolute Gasteiger partial charge is 0.276 e. The van der Waals surface area contributed by atoms with Gasteiger partial charge in [-0.1, -0.05) is 11.6 Å². The summed E-state index contributed by atoms with van der Waals surface area (Å²) in [5.41, 5.74) is 1.29. The molecule has 0 aromatic carbocycles. The quantitative estimate of drug-likeness (QED) is 0.816. The maximum Gasteiger partial charge on any atom is 0.276 e. The average molecular weight is 285 g/mol. The Labute approximate surface area is 116 Å². The van der Waals surface area contributed by atoms with E-state index in [0.29, 0.717) is 43.6 Å². The highest BCUT2D eigenvalue weighted by atomic mass is 35.5. The number of amides is 1. The van der Waals surface area contributed by atoms with E-state index in [4.69, 9.17) is 16.3 Å². The number of aryl methyl sites for hydroxylation is 1. The first kappa shape index (κ1) is 12.9.